The van der Waals surface area contributed by atoms with Crippen LogP contribution in [0.2, 0.25) is 0 Å². The van der Waals surface area contributed by atoms with Crippen LogP contribution in [0.4, 0.5) is 5.69 Å². The maximum Gasteiger partial charge on any atom is 0.328 e. The predicted octanol–water partition coefficient (Wildman–Crippen LogP) is 1.68. The molecule has 1 aromatic rings. The monoisotopic (exact) mass is 278 g/mol. The maximum atomic E-state index is 12.2. The first-order chi connectivity index (χ1) is 9.36. The van der Waals surface area contributed by atoms with Crippen molar-refractivity contribution in [2.75, 3.05) is 26.1 Å². The van der Waals surface area contributed by atoms with Crippen LogP contribution in [0.15, 0.2) is 24.3 Å². The average molecular weight is 278 g/mol. The number of hydrogen-bond donors (Lipinski definition) is 1. The van der Waals surface area contributed by atoms with Gasteiger partial charge in [0.15, 0.2) is 0 Å². The molecule has 0 aliphatic rings. The quantitative estimate of drug-likeness (QED) is 0.833. The number of ether oxygens (including phenoxy) is 1. The van der Waals surface area contributed by atoms with Crippen molar-refractivity contribution in [1.29, 1.82) is 0 Å². The van der Waals surface area contributed by atoms with E-state index in [-0.39, 0.29) is 11.8 Å². The first kappa shape index (κ1) is 16.0. The van der Waals surface area contributed by atoms with Gasteiger partial charge in [0, 0.05) is 25.3 Å². The van der Waals surface area contributed by atoms with Crippen molar-refractivity contribution < 1.29 is 14.3 Å². The van der Waals surface area contributed by atoms with Gasteiger partial charge in [-0.2, -0.15) is 0 Å². The molecule has 0 saturated heterocycles. The second-order valence-electron chi connectivity index (χ2n) is 5.16. The molecule has 0 fully saturated rings. The molecule has 1 atom stereocenters. The van der Waals surface area contributed by atoms with Gasteiger partial charge in [-0.3, -0.25) is 4.79 Å². The Morgan fingerprint density at radius 2 is 1.90 bits per heavy atom. The lowest BCUT2D eigenvalue weighted by molar-refractivity contribution is -0.144. The number of methoxy groups -OCH3 is 1. The zero-order valence-electron chi connectivity index (χ0n) is 12.6. The topological polar surface area (TPSA) is 58.6 Å². The summed E-state index contributed by atoms with van der Waals surface area (Å²) in [6.45, 7) is 3.72. The Morgan fingerprint density at radius 3 is 2.40 bits per heavy atom. The van der Waals surface area contributed by atoms with Crippen LogP contribution in [0.1, 0.15) is 24.2 Å². The van der Waals surface area contributed by atoms with E-state index in [1.807, 2.05) is 45.0 Å². The Balaban J connectivity index is 2.89. The number of rotatable bonds is 5. The summed E-state index contributed by atoms with van der Waals surface area (Å²) in [7, 11) is 5.13. The molecule has 20 heavy (non-hydrogen) atoms. The van der Waals surface area contributed by atoms with Gasteiger partial charge in [0.1, 0.15) is 6.04 Å². The van der Waals surface area contributed by atoms with E-state index in [1.165, 1.54) is 7.11 Å². The highest BCUT2D eigenvalue weighted by atomic mass is 16.5. The predicted molar refractivity (Wildman–Crippen MR) is 78.9 cm³/mol. The summed E-state index contributed by atoms with van der Waals surface area (Å²) in [5.41, 5.74) is 1.45. The maximum absolute atomic E-state index is 12.2. The lowest BCUT2D eigenvalue weighted by Crippen LogP contribution is -2.45. The fourth-order valence-corrected chi connectivity index (χ4v) is 1.77. The smallest absolute Gasteiger partial charge is 0.328 e. The van der Waals surface area contributed by atoms with E-state index in [4.69, 9.17) is 4.74 Å². The van der Waals surface area contributed by atoms with Gasteiger partial charge in [0.2, 0.25) is 0 Å². The number of carbonyl (C=O) groups is 2. The highest BCUT2D eigenvalue weighted by molar-refractivity contribution is 5.97. The molecule has 1 aromatic carbocycles. The molecule has 5 heteroatoms. The molecular formula is C15H22N2O3. The Bertz CT molecular complexity index is 484. The van der Waals surface area contributed by atoms with Crippen LogP contribution in [0, 0.1) is 5.92 Å². The van der Waals surface area contributed by atoms with Crippen LogP contribution >= 0.6 is 0 Å². The summed E-state index contributed by atoms with van der Waals surface area (Å²) in [5, 5.41) is 2.72. The molecule has 1 amide bonds. The third-order valence-electron chi connectivity index (χ3n) is 3.03. The second-order valence-corrected chi connectivity index (χ2v) is 5.16. The van der Waals surface area contributed by atoms with Crippen LogP contribution < -0.4 is 10.2 Å². The molecule has 0 heterocycles. The van der Waals surface area contributed by atoms with Gasteiger partial charge in [0.05, 0.1) is 7.11 Å². The Labute approximate surface area is 119 Å². The summed E-state index contributed by atoms with van der Waals surface area (Å²) < 4.78 is 4.71. The van der Waals surface area contributed by atoms with E-state index in [2.05, 4.69) is 5.32 Å². The van der Waals surface area contributed by atoms with E-state index in [1.54, 1.807) is 12.1 Å². The standard InChI is InChI=1S/C15H22N2O3/c1-10(2)13(15(19)20-5)16-14(18)11-7-6-8-12(9-11)17(3)4/h6-10,13H,1-5H3,(H,16,18). The number of esters is 1. The molecule has 5 nitrogen and oxygen atoms in total. The summed E-state index contributed by atoms with van der Waals surface area (Å²) in [6, 6.07) is 6.58. The third-order valence-corrected chi connectivity index (χ3v) is 3.03. The molecule has 1 unspecified atom stereocenters. The molecule has 0 spiro atoms. The summed E-state index contributed by atoms with van der Waals surface area (Å²) in [5.74, 6) is -0.752. The minimum Gasteiger partial charge on any atom is -0.467 e. The number of anilines is 1. The van der Waals surface area contributed by atoms with Crippen molar-refractivity contribution >= 4 is 17.6 Å². The SMILES string of the molecule is COC(=O)C(NC(=O)c1cccc(N(C)C)c1)C(C)C. The van der Waals surface area contributed by atoms with E-state index in [0.29, 0.717) is 5.56 Å². The number of hydrogen-bond acceptors (Lipinski definition) is 4. The highest BCUT2D eigenvalue weighted by Crippen LogP contribution is 2.14. The molecule has 0 aromatic heterocycles. The number of nitrogens with one attached hydrogen (secondary N) is 1. The molecule has 0 aliphatic heterocycles. The molecule has 0 bridgehead atoms. The highest BCUT2D eigenvalue weighted by Gasteiger charge is 2.25. The molecule has 110 valence electrons. The van der Waals surface area contributed by atoms with E-state index in [0.717, 1.165) is 5.69 Å². The van der Waals surface area contributed by atoms with Gasteiger partial charge in [-0.1, -0.05) is 19.9 Å². The van der Waals surface area contributed by atoms with Gasteiger partial charge in [-0.05, 0) is 24.1 Å². The molecular weight excluding hydrogens is 256 g/mol. The van der Waals surface area contributed by atoms with Crippen molar-refractivity contribution in [2.24, 2.45) is 5.92 Å². The second kappa shape index (κ2) is 6.93. The van der Waals surface area contributed by atoms with Crippen LogP contribution in [0.5, 0.6) is 0 Å². The molecule has 0 saturated carbocycles. The number of carbonyl (C=O) groups excluding carboxylic acids is 2. The zero-order chi connectivity index (χ0) is 15.3. The zero-order valence-corrected chi connectivity index (χ0v) is 12.6. The van der Waals surface area contributed by atoms with E-state index < -0.39 is 12.0 Å². The van der Waals surface area contributed by atoms with Crippen LogP contribution in [0.25, 0.3) is 0 Å². The molecule has 0 aliphatic carbocycles. The van der Waals surface area contributed by atoms with Gasteiger partial charge in [-0.25, -0.2) is 4.79 Å². The van der Waals surface area contributed by atoms with E-state index >= 15 is 0 Å². The minimum absolute atomic E-state index is 0.0385. The van der Waals surface area contributed by atoms with Gasteiger partial charge in [0.25, 0.3) is 5.91 Å². The fraction of sp³-hybridized carbons (Fsp3) is 0.467. The average Bonchev–Trinajstić information content (AvgIpc) is 2.43. The third kappa shape index (κ3) is 3.98. The Morgan fingerprint density at radius 1 is 1.25 bits per heavy atom. The lowest BCUT2D eigenvalue weighted by Gasteiger charge is -2.20. The van der Waals surface area contributed by atoms with Crippen LogP contribution in [0.3, 0.4) is 0 Å². The Kier molecular flexibility index (Phi) is 5.55. The van der Waals surface area contributed by atoms with Gasteiger partial charge < -0.3 is 15.0 Å². The number of amides is 1. The van der Waals surface area contributed by atoms with Gasteiger partial charge >= 0.3 is 5.97 Å². The van der Waals surface area contributed by atoms with Crippen molar-refractivity contribution in [3.05, 3.63) is 29.8 Å². The van der Waals surface area contributed by atoms with Crippen molar-refractivity contribution in [3.63, 3.8) is 0 Å². The van der Waals surface area contributed by atoms with Gasteiger partial charge in [-0.15, -0.1) is 0 Å². The van der Waals surface area contributed by atoms with Crippen molar-refractivity contribution in [2.45, 2.75) is 19.9 Å². The normalized spacial score (nSPS) is 11.9. The number of nitrogens with zero attached hydrogens (tertiary/aromatic N) is 1. The van der Waals surface area contributed by atoms with Crippen LogP contribution in [-0.4, -0.2) is 39.1 Å². The summed E-state index contributed by atoms with van der Waals surface area (Å²) in [6.07, 6.45) is 0. The molecule has 0 radical (unpaired) electrons. The molecule has 1 N–H and O–H groups in total. The first-order valence-corrected chi connectivity index (χ1v) is 6.53. The van der Waals surface area contributed by atoms with Crippen LogP contribution in [-0.2, 0) is 9.53 Å². The van der Waals surface area contributed by atoms with E-state index in [9.17, 15) is 9.59 Å². The van der Waals surface area contributed by atoms with Crippen molar-refractivity contribution in [3.8, 4) is 0 Å². The van der Waals surface area contributed by atoms with Crippen molar-refractivity contribution in [1.82, 2.24) is 5.32 Å². The number of benzene rings is 1. The lowest BCUT2D eigenvalue weighted by atomic mass is 10.0. The summed E-state index contributed by atoms with van der Waals surface area (Å²) >= 11 is 0. The fourth-order valence-electron chi connectivity index (χ4n) is 1.77. The molecule has 1 rings (SSSR count). The largest absolute Gasteiger partial charge is 0.467 e. The first-order valence-electron chi connectivity index (χ1n) is 6.53. The summed E-state index contributed by atoms with van der Waals surface area (Å²) in [4.78, 5) is 25.8. The Hall–Kier alpha value is -2.04. The minimum atomic E-state index is -0.643.